The van der Waals surface area contributed by atoms with E-state index in [1.54, 1.807) is 13.8 Å². The number of rotatable bonds is 13. The molecular formula is C55H52F3NO5. The van der Waals surface area contributed by atoms with Crippen molar-refractivity contribution in [1.82, 2.24) is 5.32 Å². The number of alkyl carbamates (subject to hydrolysis) is 1. The summed E-state index contributed by atoms with van der Waals surface area (Å²) in [4.78, 5) is 28.5. The maximum atomic E-state index is 14.5. The van der Waals surface area contributed by atoms with Crippen LogP contribution < -0.4 is 5.32 Å². The molecule has 1 fully saturated rings. The molecule has 0 aliphatic heterocycles. The smallest absolute Gasteiger partial charge is 0.416 e. The normalized spacial score (nSPS) is 16.9. The van der Waals surface area contributed by atoms with Crippen LogP contribution in [0.15, 0.2) is 163 Å². The second-order valence-electron chi connectivity index (χ2n) is 17.3. The minimum Gasteiger partial charge on any atom is -0.453 e. The fourth-order valence-corrected chi connectivity index (χ4v) is 9.35. The molecule has 0 spiro atoms. The van der Waals surface area contributed by atoms with Gasteiger partial charge in [0.2, 0.25) is 0 Å². The molecule has 2 atom stereocenters. The number of amides is 1. The van der Waals surface area contributed by atoms with Gasteiger partial charge in [-0.05, 0) is 107 Å². The molecule has 0 saturated heterocycles. The van der Waals surface area contributed by atoms with Crippen molar-refractivity contribution in [3.8, 4) is 0 Å². The first kappa shape index (κ1) is 44.2. The van der Waals surface area contributed by atoms with Gasteiger partial charge in [0.25, 0.3) is 0 Å². The quantitative estimate of drug-likeness (QED) is 0.0725. The third-order valence-corrected chi connectivity index (χ3v) is 12.8. The highest BCUT2D eigenvalue weighted by atomic mass is 19.4. The topological polar surface area (TPSA) is 73.9 Å². The van der Waals surface area contributed by atoms with E-state index in [1.165, 1.54) is 49.8 Å². The SMILES string of the molecule is CC(C)(OC(=O)C(COC(c1ccccc1)(c1ccccc1)c1ccc(C2CCCCCCC2)cc1)NC(=O)OCC1C2=C(C=C=C=C2)c2ccccc21)c1ccc(C(F)(F)F)cc1. The van der Waals surface area contributed by atoms with Crippen molar-refractivity contribution in [2.75, 3.05) is 13.2 Å². The number of fused-ring (bicyclic) bond motifs is 2. The van der Waals surface area contributed by atoms with Crippen molar-refractivity contribution >= 4 is 17.6 Å². The molecule has 0 radical (unpaired) electrons. The second-order valence-corrected chi connectivity index (χ2v) is 17.3. The molecular weight excluding hydrogens is 812 g/mol. The van der Waals surface area contributed by atoms with Crippen molar-refractivity contribution in [1.29, 1.82) is 0 Å². The Morgan fingerprint density at radius 1 is 0.672 bits per heavy atom. The van der Waals surface area contributed by atoms with Crippen LogP contribution in [-0.2, 0) is 36.4 Å². The fourth-order valence-electron chi connectivity index (χ4n) is 9.35. The Kier molecular flexibility index (Phi) is 13.2. The minimum atomic E-state index is -4.54. The fraction of sp³-hybridized carbons (Fsp3) is 0.309. The lowest BCUT2D eigenvalue weighted by Crippen LogP contribution is -2.49. The van der Waals surface area contributed by atoms with E-state index in [1.807, 2.05) is 97.1 Å². The molecule has 1 amide bonds. The zero-order valence-corrected chi connectivity index (χ0v) is 36.1. The molecule has 1 N–H and O–H groups in total. The average Bonchev–Trinajstić information content (AvgIpc) is 3.62. The molecule has 0 bridgehead atoms. The van der Waals surface area contributed by atoms with Gasteiger partial charge in [0, 0.05) is 5.92 Å². The number of allylic oxidation sites excluding steroid dienone is 3. The lowest BCUT2D eigenvalue weighted by atomic mass is 9.78. The molecule has 2 unspecified atom stereocenters. The maximum absolute atomic E-state index is 14.5. The summed E-state index contributed by atoms with van der Waals surface area (Å²) in [6, 6.07) is 39.0. The van der Waals surface area contributed by atoms with Crippen LogP contribution in [0.2, 0.25) is 0 Å². The van der Waals surface area contributed by atoms with E-state index in [9.17, 15) is 22.8 Å². The van der Waals surface area contributed by atoms with Crippen molar-refractivity contribution in [3.63, 3.8) is 0 Å². The predicted octanol–water partition coefficient (Wildman–Crippen LogP) is 12.8. The van der Waals surface area contributed by atoms with E-state index in [2.05, 4.69) is 41.0 Å². The second kappa shape index (κ2) is 19.2. The Morgan fingerprint density at radius 3 is 1.86 bits per heavy atom. The van der Waals surface area contributed by atoms with Crippen LogP contribution >= 0.6 is 0 Å². The van der Waals surface area contributed by atoms with Crippen molar-refractivity contribution in [2.45, 2.75) is 94.0 Å². The number of esters is 1. The van der Waals surface area contributed by atoms with Gasteiger partial charge in [-0.1, -0.05) is 165 Å². The van der Waals surface area contributed by atoms with Gasteiger partial charge in [0.05, 0.1) is 12.2 Å². The van der Waals surface area contributed by atoms with E-state index >= 15 is 0 Å². The van der Waals surface area contributed by atoms with Crippen LogP contribution in [0.5, 0.6) is 0 Å². The van der Waals surface area contributed by atoms with Gasteiger partial charge < -0.3 is 19.5 Å². The van der Waals surface area contributed by atoms with E-state index in [4.69, 9.17) is 14.2 Å². The molecule has 328 valence electrons. The maximum Gasteiger partial charge on any atom is 0.416 e. The van der Waals surface area contributed by atoms with Gasteiger partial charge >= 0.3 is 18.2 Å². The Morgan fingerprint density at radius 2 is 1.22 bits per heavy atom. The van der Waals surface area contributed by atoms with Crippen LogP contribution in [0.1, 0.15) is 115 Å². The van der Waals surface area contributed by atoms with E-state index < -0.39 is 41.0 Å². The molecule has 5 aromatic rings. The molecule has 3 aliphatic rings. The number of benzene rings is 5. The molecule has 9 heteroatoms. The van der Waals surface area contributed by atoms with Crippen LogP contribution in [0, 0.1) is 0 Å². The molecule has 64 heavy (non-hydrogen) atoms. The molecule has 0 heterocycles. The zero-order valence-electron chi connectivity index (χ0n) is 36.1. The van der Waals surface area contributed by atoms with Gasteiger partial charge in [0.1, 0.15) is 17.8 Å². The number of hydrogen-bond donors (Lipinski definition) is 1. The first-order chi connectivity index (χ1) is 30.9. The highest BCUT2D eigenvalue weighted by Crippen LogP contribution is 2.45. The number of alkyl halides is 3. The number of hydrogen-bond acceptors (Lipinski definition) is 5. The number of ether oxygens (including phenoxy) is 3. The zero-order chi connectivity index (χ0) is 44.7. The molecule has 6 nitrogen and oxygen atoms in total. The summed E-state index contributed by atoms with van der Waals surface area (Å²) < 4.78 is 59.6. The largest absolute Gasteiger partial charge is 0.453 e. The summed E-state index contributed by atoms with van der Waals surface area (Å²) in [5.41, 5.74) is 10.5. The molecule has 3 aliphatic carbocycles. The first-order valence-electron chi connectivity index (χ1n) is 22.1. The lowest BCUT2D eigenvalue weighted by Gasteiger charge is -2.37. The van der Waals surface area contributed by atoms with E-state index in [0.29, 0.717) is 11.5 Å². The molecule has 8 rings (SSSR count). The van der Waals surface area contributed by atoms with Gasteiger partial charge in [0.15, 0.2) is 6.04 Å². The van der Waals surface area contributed by atoms with Crippen molar-refractivity contribution < 1.29 is 37.0 Å². The van der Waals surface area contributed by atoms with Crippen LogP contribution in [0.25, 0.3) is 5.57 Å². The van der Waals surface area contributed by atoms with Gasteiger partial charge in [-0.25, -0.2) is 9.59 Å². The standard InChI is InChI=1S/C55H52F3NO5/c1-53(2,40-32-34-44(35-33-40)55(56,57)58)64-51(60)50(59-52(61)62-36-49-47-26-16-14-24-45(47)46-25-15-17-27-48(46)49)37-63-54(41-20-10-6-11-21-41,42-22-12-7-13-23-42)43-30-28-39(29-31-43)38-18-8-4-3-5-9-19-38/h6-7,10-14,16,20-35,38,49-50H,3-5,8-9,18-19,36-37H2,1-2H3,(H,59,61). The Labute approximate surface area is 373 Å². The average molecular weight is 864 g/mol. The minimum absolute atomic E-state index is 0.0291. The van der Waals surface area contributed by atoms with Gasteiger partial charge in [-0.2, -0.15) is 13.2 Å². The molecule has 1 saturated carbocycles. The molecule has 0 aromatic heterocycles. The third-order valence-electron chi connectivity index (χ3n) is 12.8. The summed E-state index contributed by atoms with van der Waals surface area (Å²) in [5.74, 6) is -0.682. The number of carbonyl (C=O) groups is 2. The third kappa shape index (κ3) is 9.58. The predicted molar refractivity (Wildman–Crippen MR) is 241 cm³/mol. The van der Waals surface area contributed by atoms with Crippen molar-refractivity contribution in [2.24, 2.45) is 0 Å². The van der Waals surface area contributed by atoms with Crippen LogP contribution in [0.3, 0.4) is 0 Å². The molecule has 5 aromatic carbocycles. The Hall–Kier alpha value is -6.37. The first-order valence-corrected chi connectivity index (χ1v) is 22.1. The van der Waals surface area contributed by atoms with Crippen molar-refractivity contribution in [3.05, 3.63) is 207 Å². The number of nitrogens with one attached hydrogen (secondary N) is 1. The van der Waals surface area contributed by atoms with E-state index in [-0.39, 0.29) is 19.1 Å². The van der Waals surface area contributed by atoms with E-state index in [0.717, 1.165) is 63.9 Å². The van der Waals surface area contributed by atoms with Crippen LogP contribution in [-0.4, -0.2) is 31.3 Å². The Balaban J connectivity index is 1.12. The van der Waals surface area contributed by atoms with Gasteiger partial charge in [-0.15, -0.1) is 0 Å². The summed E-state index contributed by atoms with van der Waals surface area (Å²) >= 11 is 0. The number of halogens is 3. The highest BCUT2D eigenvalue weighted by Gasteiger charge is 2.41. The summed E-state index contributed by atoms with van der Waals surface area (Å²) in [7, 11) is 0. The summed E-state index contributed by atoms with van der Waals surface area (Å²) in [5, 5.41) is 2.76. The monoisotopic (exact) mass is 863 g/mol. The summed E-state index contributed by atoms with van der Waals surface area (Å²) in [6.45, 7) is 2.77. The Bertz CT molecular complexity index is 2520. The van der Waals surface area contributed by atoms with Crippen LogP contribution in [0.4, 0.5) is 18.0 Å². The number of carbonyl (C=O) groups excluding carboxylic acids is 2. The lowest BCUT2D eigenvalue weighted by molar-refractivity contribution is -0.163. The summed E-state index contributed by atoms with van der Waals surface area (Å²) in [6.07, 6.45) is 6.78. The highest BCUT2D eigenvalue weighted by molar-refractivity contribution is 5.87. The van der Waals surface area contributed by atoms with Gasteiger partial charge in [-0.3, -0.25) is 0 Å².